The Bertz CT molecular complexity index is 529. The Morgan fingerprint density at radius 2 is 2.17 bits per heavy atom. The molecular weight excluding hydrogens is 255 g/mol. The Kier molecular flexibility index (Phi) is 5.40. The van der Waals surface area contributed by atoms with Gasteiger partial charge in [-0.3, -0.25) is 4.79 Å². The SMILES string of the molecule is CC(=O)SCCC#Cc1ccc(C(=O)O)cc1F. The van der Waals surface area contributed by atoms with Crippen molar-refractivity contribution in [3.63, 3.8) is 0 Å². The zero-order chi connectivity index (χ0) is 13.5. The third-order valence-electron chi connectivity index (χ3n) is 1.97. The van der Waals surface area contributed by atoms with E-state index in [0.29, 0.717) is 12.2 Å². The van der Waals surface area contributed by atoms with Crippen molar-refractivity contribution in [2.45, 2.75) is 13.3 Å². The highest BCUT2D eigenvalue weighted by atomic mass is 32.2. The van der Waals surface area contributed by atoms with Gasteiger partial charge in [0.1, 0.15) is 5.82 Å². The van der Waals surface area contributed by atoms with Crippen LogP contribution in [0.15, 0.2) is 18.2 Å². The first-order valence-electron chi connectivity index (χ1n) is 5.16. The third kappa shape index (κ3) is 4.60. The van der Waals surface area contributed by atoms with Gasteiger partial charge in [-0.2, -0.15) is 0 Å². The lowest BCUT2D eigenvalue weighted by molar-refractivity contribution is -0.109. The maximum Gasteiger partial charge on any atom is 0.335 e. The van der Waals surface area contributed by atoms with E-state index < -0.39 is 11.8 Å². The van der Waals surface area contributed by atoms with Crippen LogP contribution in [0.2, 0.25) is 0 Å². The molecular formula is C13H11FO3S. The predicted octanol–water partition coefficient (Wildman–Crippen LogP) is 2.55. The number of carboxylic acid groups (broad SMARTS) is 1. The fourth-order valence-corrected chi connectivity index (χ4v) is 1.64. The van der Waals surface area contributed by atoms with Crippen LogP contribution in [0.3, 0.4) is 0 Å². The van der Waals surface area contributed by atoms with Gasteiger partial charge in [0.15, 0.2) is 5.12 Å². The number of thioether (sulfide) groups is 1. The van der Waals surface area contributed by atoms with Gasteiger partial charge in [0.25, 0.3) is 0 Å². The lowest BCUT2D eigenvalue weighted by atomic mass is 10.1. The molecule has 0 atom stereocenters. The molecule has 0 amide bonds. The standard InChI is InChI=1S/C13H11FO3S/c1-9(15)18-7-3-2-4-10-5-6-11(13(16)17)8-12(10)14/h5-6,8H,3,7H2,1H3,(H,16,17). The number of hydrogen-bond acceptors (Lipinski definition) is 3. The minimum Gasteiger partial charge on any atom is -0.478 e. The summed E-state index contributed by atoms with van der Waals surface area (Å²) in [5.41, 5.74) is 0.0537. The molecule has 0 unspecified atom stereocenters. The zero-order valence-electron chi connectivity index (χ0n) is 9.70. The Balaban J connectivity index is 2.65. The number of carboxylic acids is 1. The summed E-state index contributed by atoms with van der Waals surface area (Å²) in [7, 11) is 0. The molecule has 0 fully saturated rings. The molecule has 0 saturated carbocycles. The number of carbonyl (C=O) groups excluding carboxylic acids is 1. The fraction of sp³-hybridized carbons (Fsp3) is 0.231. The molecule has 0 aliphatic carbocycles. The molecule has 0 aliphatic heterocycles. The van der Waals surface area contributed by atoms with Gasteiger partial charge in [-0.25, -0.2) is 9.18 Å². The molecule has 18 heavy (non-hydrogen) atoms. The highest BCUT2D eigenvalue weighted by Crippen LogP contribution is 2.09. The van der Waals surface area contributed by atoms with E-state index in [1.54, 1.807) is 0 Å². The van der Waals surface area contributed by atoms with Crippen LogP contribution in [0.5, 0.6) is 0 Å². The molecule has 5 heteroatoms. The molecule has 1 aromatic carbocycles. The second kappa shape index (κ2) is 6.82. The van der Waals surface area contributed by atoms with E-state index in [2.05, 4.69) is 11.8 Å². The second-order valence-corrected chi connectivity index (χ2v) is 4.66. The molecule has 0 saturated heterocycles. The highest BCUT2D eigenvalue weighted by molar-refractivity contribution is 8.13. The molecule has 0 aliphatic rings. The molecule has 0 aromatic heterocycles. The van der Waals surface area contributed by atoms with Crippen LogP contribution in [0.25, 0.3) is 0 Å². The summed E-state index contributed by atoms with van der Waals surface area (Å²) in [4.78, 5) is 21.2. The van der Waals surface area contributed by atoms with Crippen molar-refractivity contribution in [1.82, 2.24) is 0 Å². The lowest BCUT2D eigenvalue weighted by Crippen LogP contribution is -1.97. The van der Waals surface area contributed by atoms with Crippen LogP contribution in [0, 0.1) is 17.7 Å². The number of carbonyl (C=O) groups is 2. The van der Waals surface area contributed by atoms with E-state index in [1.165, 1.54) is 19.1 Å². The van der Waals surface area contributed by atoms with Crippen LogP contribution in [0.4, 0.5) is 4.39 Å². The van der Waals surface area contributed by atoms with Crippen LogP contribution in [-0.2, 0) is 4.79 Å². The summed E-state index contributed by atoms with van der Waals surface area (Å²) in [5, 5.41) is 8.68. The summed E-state index contributed by atoms with van der Waals surface area (Å²) in [5.74, 6) is 4.09. The average Bonchev–Trinajstić information content (AvgIpc) is 2.29. The second-order valence-electron chi connectivity index (χ2n) is 3.39. The van der Waals surface area contributed by atoms with E-state index >= 15 is 0 Å². The van der Waals surface area contributed by atoms with E-state index in [4.69, 9.17) is 5.11 Å². The largest absolute Gasteiger partial charge is 0.478 e. The number of rotatable bonds is 3. The normalized spacial score (nSPS) is 9.44. The first kappa shape index (κ1) is 14.3. The van der Waals surface area contributed by atoms with Crippen molar-refractivity contribution in [3.05, 3.63) is 35.1 Å². The Labute approximate surface area is 108 Å². The van der Waals surface area contributed by atoms with Crippen molar-refractivity contribution in [2.75, 3.05) is 5.75 Å². The van der Waals surface area contributed by atoms with Gasteiger partial charge in [0, 0.05) is 19.1 Å². The number of hydrogen-bond donors (Lipinski definition) is 1. The minimum atomic E-state index is -1.17. The van der Waals surface area contributed by atoms with Crippen LogP contribution < -0.4 is 0 Å². The number of halogens is 1. The smallest absolute Gasteiger partial charge is 0.335 e. The summed E-state index contributed by atoms with van der Waals surface area (Å²) in [6.07, 6.45) is 0.477. The fourth-order valence-electron chi connectivity index (χ4n) is 1.15. The van der Waals surface area contributed by atoms with Crippen molar-refractivity contribution in [1.29, 1.82) is 0 Å². The monoisotopic (exact) mass is 266 g/mol. The average molecular weight is 266 g/mol. The molecule has 0 bridgehead atoms. The van der Waals surface area contributed by atoms with Crippen LogP contribution >= 0.6 is 11.8 Å². The molecule has 3 nitrogen and oxygen atoms in total. The molecule has 1 N–H and O–H groups in total. The van der Waals surface area contributed by atoms with Crippen molar-refractivity contribution in [3.8, 4) is 11.8 Å². The van der Waals surface area contributed by atoms with E-state index in [9.17, 15) is 14.0 Å². The molecule has 1 rings (SSSR count). The summed E-state index contributed by atoms with van der Waals surface area (Å²) in [6.45, 7) is 1.47. The molecule has 94 valence electrons. The topological polar surface area (TPSA) is 54.4 Å². The third-order valence-corrected chi connectivity index (χ3v) is 2.79. The quantitative estimate of drug-likeness (QED) is 0.674. The van der Waals surface area contributed by atoms with Gasteiger partial charge in [-0.15, -0.1) is 0 Å². The van der Waals surface area contributed by atoms with Gasteiger partial charge < -0.3 is 5.11 Å². The summed E-state index contributed by atoms with van der Waals surface area (Å²) in [6, 6.07) is 3.58. The first-order valence-corrected chi connectivity index (χ1v) is 6.14. The number of aromatic carboxylic acids is 1. The Morgan fingerprint density at radius 3 is 2.72 bits per heavy atom. The Hall–Kier alpha value is -1.80. The van der Waals surface area contributed by atoms with Crippen molar-refractivity contribution in [2.24, 2.45) is 0 Å². The van der Waals surface area contributed by atoms with E-state index in [0.717, 1.165) is 17.8 Å². The molecule has 1 aromatic rings. The summed E-state index contributed by atoms with van der Waals surface area (Å²) >= 11 is 1.16. The van der Waals surface area contributed by atoms with Gasteiger partial charge >= 0.3 is 5.97 Å². The van der Waals surface area contributed by atoms with Crippen molar-refractivity contribution < 1.29 is 19.1 Å². The highest BCUT2D eigenvalue weighted by Gasteiger charge is 2.06. The van der Waals surface area contributed by atoms with Gasteiger partial charge in [0.2, 0.25) is 0 Å². The first-order chi connectivity index (χ1) is 8.50. The van der Waals surface area contributed by atoms with Gasteiger partial charge in [-0.1, -0.05) is 23.6 Å². The van der Waals surface area contributed by atoms with Gasteiger partial charge in [0.05, 0.1) is 11.1 Å². The zero-order valence-corrected chi connectivity index (χ0v) is 10.5. The lowest BCUT2D eigenvalue weighted by Gasteiger charge is -1.97. The van der Waals surface area contributed by atoms with E-state index in [-0.39, 0.29) is 16.2 Å². The maximum atomic E-state index is 13.4. The molecule has 0 heterocycles. The number of benzene rings is 1. The van der Waals surface area contributed by atoms with Gasteiger partial charge in [-0.05, 0) is 18.2 Å². The predicted molar refractivity (Wildman–Crippen MR) is 68.0 cm³/mol. The van der Waals surface area contributed by atoms with Crippen LogP contribution in [-0.4, -0.2) is 21.9 Å². The van der Waals surface area contributed by atoms with E-state index in [1.807, 2.05) is 0 Å². The molecule has 0 spiro atoms. The van der Waals surface area contributed by atoms with Crippen molar-refractivity contribution >= 4 is 22.8 Å². The maximum absolute atomic E-state index is 13.4. The van der Waals surface area contributed by atoms with Crippen LogP contribution in [0.1, 0.15) is 29.3 Å². The summed E-state index contributed by atoms with van der Waals surface area (Å²) < 4.78 is 13.4. The molecule has 0 radical (unpaired) electrons. The Morgan fingerprint density at radius 1 is 1.44 bits per heavy atom. The minimum absolute atomic E-state index is 0.0220.